The Kier molecular flexibility index (Phi) is 4.57. The number of carbonyl (C=O) groups excluding carboxylic acids is 2. The van der Waals surface area contributed by atoms with Gasteiger partial charge in [0.1, 0.15) is 5.76 Å². The van der Waals surface area contributed by atoms with E-state index in [0.717, 1.165) is 4.31 Å². The number of amides is 2. The largest absolute Gasteiger partial charge is 0.467 e. The highest BCUT2D eigenvalue weighted by Crippen LogP contribution is 2.31. The number of sulfonamides is 1. The Balaban J connectivity index is 1.88. The highest BCUT2D eigenvalue weighted by molar-refractivity contribution is 7.94. The van der Waals surface area contributed by atoms with Crippen LogP contribution >= 0.6 is 11.6 Å². The number of halogens is 1. The van der Waals surface area contributed by atoms with Crippen molar-refractivity contribution in [2.24, 2.45) is 5.92 Å². The molecule has 1 fully saturated rings. The zero-order valence-electron chi connectivity index (χ0n) is 13.2. The summed E-state index contributed by atoms with van der Waals surface area (Å²) in [5, 5.41) is 2.78. The first-order chi connectivity index (χ1) is 11.8. The molecule has 1 unspecified atom stereocenters. The average molecular weight is 383 g/mol. The molecule has 2 aromatic rings. The molecule has 1 aliphatic heterocycles. The van der Waals surface area contributed by atoms with Crippen LogP contribution in [0.1, 0.15) is 23.0 Å². The number of hydrogen-bond acceptors (Lipinski definition) is 5. The summed E-state index contributed by atoms with van der Waals surface area (Å²) >= 11 is 6.06. The molecule has 0 bridgehead atoms. The second kappa shape index (κ2) is 6.53. The zero-order valence-corrected chi connectivity index (χ0v) is 14.8. The van der Waals surface area contributed by atoms with E-state index in [1.165, 1.54) is 24.5 Å². The van der Waals surface area contributed by atoms with Gasteiger partial charge in [-0.05, 0) is 30.3 Å². The van der Waals surface area contributed by atoms with Gasteiger partial charge in [-0.2, -0.15) is 0 Å². The van der Waals surface area contributed by atoms with Crippen LogP contribution in [0.4, 0.5) is 5.69 Å². The smallest absolute Gasteiger partial charge is 0.253 e. The van der Waals surface area contributed by atoms with Gasteiger partial charge in [-0.3, -0.25) is 9.59 Å². The number of anilines is 1. The second-order valence-electron chi connectivity index (χ2n) is 5.71. The number of nitrogens with one attached hydrogen (secondary N) is 1. The maximum atomic E-state index is 12.3. The van der Waals surface area contributed by atoms with Crippen molar-refractivity contribution in [2.75, 3.05) is 10.1 Å². The molecule has 2 amide bonds. The van der Waals surface area contributed by atoms with Gasteiger partial charge in [0.25, 0.3) is 5.91 Å². The van der Waals surface area contributed by atoms with Gasteiger partial charge >= 0.3 is 0 Å². The predicted molar refractivity (Wildman–Crippen MR) is 91.8 cm³/mol. The number of furan rings is 1. The molecule has 1 aromatic heterocycles. The van der Waals surface area contributed by atoms with Crippen LogP contribution in [0.15, 0.2) is 41.0 Å². The first-order valence-corrected chi connectivity index (χ1v) is 9.45. The van der Waals surface area contributed by atoms with Crippen molar-refractivity contribution >= 4 is 39.1 Å². The Morgan fingerprint density at radius 1 is 1.40 bits per heavy atom. The second-order valence-corrected chi connectivity index (χ2v) is 7.98. The van der Waals surface area contributed by atoms with E-state index in [0.29, 0.717) is 5.76 Å². The molecule has 1 atom stereocenters. The van der Waals surface area contributed by atoms with Crippen LogP contribution in [-0.4, -0.2) is 26.0 Å². The van der Waals surface area contributed by atoms with Crippen molar-refractivity contribution in [1.29, 1.82) is 0 Å². The summed E-state index contributed by atoms with van der Waals surface area (Å²) in [6.07, 6.45) is 1.49. The molecule has 9 heteroatoms. The van der Waals surface area contributed by atoms with E-state index in [1.54, 1.807) is 19.1 Å². The fourth-order valence-corrected chi connectivity index (χ4v) is 4.59. The van der Waals surface area contributed by atoms with Crippen LogP contribution < -0.4 is 9.62 Å². The summed E-state index contributed by atoms with van der Waals surface area (Å²) in [5.41, 5.74) is 0.176. The van der Waals surface area contributed by atoms with Crippen LogP contribution in [0.3, 0.4) is 0 Å². The van der Waals surface area contributed by atoms with Gasteiger partial charge in [0, 0.05) is 0 Å². The Bertz CT molecular complexity index is 924. The summed E-state index contributed by atoms with van der Waals surface area (Å²) in [7, 11) is -3.75. The Morgan fingerprint density at radius 2 is 2.16 bits per heavy atom. The Morgan fingerprint density at radius 3 is 2.76 bits per heavy atom. The highest BCUT2D eigenvalue weighted by Gasteiger charge is 2.42. The molecule has 1 aromatic carbocycles. The van der Waals surface area contributed by atoms with E-state index in [1.807, 2.05) is 0 Å². The Labute approximate surface area is 149 Å². The van der Waals surface area contributed by atoms with E-state index in [4.69, 9.17) is 16.0 Å². The molecule has 0 saturated carbocycles. The van der Waals surface area contributed by atoms with E-state index in [2.05, 4.69) is 5.32 Å². The molecular formula is C16H15ClN2O5S. The van der Waals surface area contributed by atoms with E-state index >= 15 is 0 Å². The molecule has 25 heavy (non-hydrogen) atoms. The van der Waals surface area contributed by atoms with Gasteiger partial charge in [0.05, 0.1) is 40.8 Å². The van der Waals surface area contributed by atoms with Crippen LogP contribution in [0.25, 0.3) is 0 Å². The minimum Gasteiger partial charge on any atom is -0.467 e. The number of benzene rings is 1. The summed E-state index contributed by atoms with van der Waals surface area (Å²) in [5.74, 6) is -1.35. The van der Waals surface area contributed by atoms with Crippen molar-refractivity contribution in [3.63, 3.8) is 0 Å². The number of nitrogens with zero attached hydrogens (tertiary/aromatic N) is 1. The first kappa shape index (κ1) is 17.5. The lowest BCUT2D eigenvalue weighted by atomic mass is 10.1. The van der Waals surface area contributed by atoms with Gasteiger partial charge in [0.2, 0.25) is 15.9 Å². The van der Waals surface area contributed by atoms with E-state index in [9.17, 15) is 18.0 Å². The molecule has 132 valence electrons. The molecule has 1 saturated heterocycles. The summed E-state index contributed by atoms with van der Waals surface area (Å²) in [6, 6.07) is 7.49. The van der Waals surface area contributed by atoms with Crippen molar-refractivity contribution in [3.8, 4) is 0 Å². The highest BCUT2D eigenvalue weighted by atomic mass is 35.5. The predicted octanol–water partition coefficient (Wildman–Crippen LogP) is 2.18. The molecule has 0 spiro atoms. The fourth-order valence-electron chi connectivity index (χ4n) is 2.58. The minimum absolute atomic E-state index is 0.0771. The summed E-state index contributed by atoms with van der Waals surface area (Å²) in [4.78, 5) is 24.5. The van der Waals surface area contributed by atoms with Crippen molar-refractivity contribution < 1.29 is 22.4 Å². The SMILES string of the molecule is CC1CS(=O)(=O)N(c2ccc(Cl)c(C(=O)NCc3ccco3)c2)C1=O. The molecule has 3 rings (SSSR count). The van der Waals surface area contributed by atoms with Crippen LogP contribution in [-0.2, 0) is 21.4 Å². The maximum Gasteiger partial charge on any atom is 0.253 e. The molecular weight excluding hydrogens is 368 g/mol. The minimum atomic E-state index is -3.75. The standard InChI is InChI=1S/C16H15ClN2O5S/c1-10-9-25(22,23)19(16(10)21)11-4-5-14(17)13(7-11)15(20)18-8-12-3-2-6-24-12/h2-7,10H,8-9H2,1H3,(H,18,20). The van der Waals surface area contributed by atoms with Gasteiger partial charge in [-0.1, -0.05) is 18.5 Å². The van der Waals surface area contributed by atoms with Gasteiger partial charge < -0.3 is 9.73 Å². The topological polar surface area (TPSA) is 96.7 Å². The van der Waals surface area contributed by atoms with E-state index < -0.39 is 27.8 Å². The third kappa shape index (κ3) is 3.40. The lowest BCUT2D eigenvalue weighted by Gasteiger charge is -2.16. The lowest BCUT2D eigenvalue weighted by molar-refractivity contribution is -0.119. The quantitative estimate of drug-likeness (QED) is 0.874. The average Bonchev–Trinajstić information content (AvgIpc) is 3.13. The number of carbonyl (C=O) groups is 2. The molecule has 2 heterocycles. The van der Waals surface area contributed by atoms with Gasteiger partial charge in [0.15, 0.2) is 0 Å². The molecule has 1 aliphatic rings. The zero-order chi connectivity index (χ0) is 18.2. The summed E-state index contributed by atoms with van der Waals surface area (Å²) < 4.78 is 30.2. The summed E-state index contributed by atoms with van der Waals surface area (Å²) in [6.45, 7) is 1.71. The lowest BCUT2D eigenvalue weighted by Crippen LogP contribution is -2.31. The molecule has 1 N–H and O–H groups in total. The monoisotopic (exact) mass is 382 g/mol. The van der Waals surface area contributed by atoms with Crippen LogP contribution in [0, 0.1) is 5.92 Å². The third-order valence-electron chi connectivity index (χ3n) is 3.79. The van der Waals surface area contributed by atoms with Crippen molar-refractivity contribution in [2.45, 2.75) is 13.5 Å². The van der Waals surface area contributed by atoms with Gasteiger partial charge in [-0.25, -0.2) is 12.7 Å². The Hall–Kier alpha value is -2.32. The van der Waals surface area contributed by atoms with Crippen molar-refractivity contribution in [3.05, 3.63) is 52.9 Å². The van der Waals surface area contributed by atoms with E-state index in [-0.39, 0.29) is 28.6 Å². The molecule has 0 radical (unpaired) electrons. The third-order valence-corrected chi connectivity index (χ3v) is 5.99. The number of hydrogen-bond donors (Lipinski definition) is 1. The molecule has 0 aliphatic carbocycles. The number of rotatable bonds is 4. The van der Waals surface area contributed by atoms with Crippen LogP contribution in [0.2, 0.25) is 5.02 Å². The molecule has 7 nitrogen and oxygen atoms in total. The van der Waals surface area contributed by atoms with Crippen LogP contribution in [0.5, 0.6) is 0 Å². The fraction of sp³-hybridized carbons (Fsp3) is 0.250. The van der Waals surface area contributed by atoms with Crippen molar-refractivity contribution in [1.82, 2.24) is 5.32 Å². The first-order valence-electron chi connectivity index (χ1n) is 7.46. The van der Waals surface area contributed by atoms with Gasteiger partial charge in [-0.15, -0.1) is 0 Å². The maximum absolute atomic E-state index is 12.3. The normalized spacial score (nSPS) is 19.2.